The van der Waals surface area contributed by atoms with Crippen molar-refractivity contribution in [3.63, 3.8) is 0 Å². The topological polar surface area (TPSA) is 195 Å². The summed E-state index contributed by atoms with van der Waals surface area (Å²) in [5.74, 6) is 3.79. The summed E-state index contributed by atoms with van der Waals surface area (Å²) in [7, 11) is 6.41. The van der Waals surface area contributed by atoms with E-state index in [4.69, 9.17) is 43.1 Å². The molecular weight excluding hydrogens is 773 g/mol. The van der Waals surface area contributed by atoms with Crippen molar-refractivity contribution in [2.45, 2.75) is 44.9 Å². The molecule has 0 unspecified atom stereocenters. The number of nitrogens with zero attached hydrogens (tertiary/aromatic N) is 5. The number of nitrogens with one attached hydrogen (secondary N) is 3. The summed E-state index contributed by atoms with van der Waals surface area (Å²) < 4.78 is 41.5. The quantitative estimate of drug-likeness (QED) is 0.139. The van der Waals surface area contributed by atoms with Crippen molar-refractivity contribution in [2.75, 3.05) is 54.7 Å². The lowest BCUT2D eigenvalue weighted by atomic mass is 10.0. The molecule has 0 aliphatic carbocycles. The molecule has 3 N–H and O–H groups in total. The number of methoxy groups -OCH3 is 4. The van der Waals surface area contributed by atoms with E-state index >= 15 is 0 Å². The number of ether oxygens (including phenoxy) is 7. The zero-order valence-corrected chi connectivity index (χ0v) is 34.3. The number of H-pyrrole nitrogens is 1. The van der Waals surface area contributed by atoms with Gasteiger partial charge in [-0.05, 0) is 62.4 Å². The Balaban J connectivity index is 0.000000168. The minimum Gasteiger partial charge on any atom is -0.493 e. The van der Waals surface area contributed by atoms with Gasteiger partial charge < -0.3 is 53.3 Å². The molecule has 314 valence electrons. The molecule has 17 nitrogen and oxygen atoms in total. The van der Waals surface area contributed by atoms with Crippen LogP contribution in [0.2, 0.25) is 0 Å². The van der Waals surface area contributed by atoms with Crippen LogP contribution in [-0.4, -0.2) is 108 Å². The first-order chi connectivity index (χ1) is 29.2. The van der Waals surface area contributed by atoms with Crippen LogP contribution in [-0.2, 0) is 14.3 Å². The molecule has 7 heterocycles. The highest BCUT2D eigenvalue weighted by atomic mass is 16.5. The molecule has 3 aliphatic rings. The monoisotopic (exact) mass is 820 g/mol. The summed E-state index contributed by atoms with van der Waals surface area (Å²) >= 11 is 0. The number of carbonyl (C=O) groups is 2. The Hall–Kier alpha value is -6.62. The lowest BCUT2D eigenvalue weighted by Crippen LogP contribution is -2.30. The number of pyridine rings is 2. The van der Waals surface area contributed by atoms with Crippen LogP contribution in [0.3, 0.4) is 0 Å². The van der Waals surface area contributed by atoms with Gasteiger partial charge >= 0.3 is 0 Å². The van der Waals surface area contributed by atoms with Crippen LogP contribution in [0.1, 0.15) is 32.7 Å². The molecule has 4 atom stereocenters. The SMILES string of the molecule is COc1ccc(-c2cc3[nH]cnc3c(O[C@H](C)[C@H]3CNC(=O)C3)n2)cc1OC.COc1ccc(-c2cc3ncn(C4COC4)c3c(O[C@H](C)[C@H]3CNC(=O)C3)n2)cc1OC. The number of aromatic amines is 1. The predicted molar refractivity (Wildman–Crippen MR) is 221 cm³/mol. The molecule has 3 saturated heterocycles. The number of aromatic nitrogens is 6. The van der Waals surface area contributed by atoms with E-state index in [2.05, 4.69) is 30.2 Å². The highest BCUT2D eigenvalue weighted by Gasteiger charge is 2.31. The third-order valence-electron chi connectivity index (χ3n) is 11.2. The van der Waals surface area contributed by atoms with E-state index in [1.807, 2.05) is 68.7 Å². The van der Waals surface area contributed by atoms with Gasteiger partial charge in [-0.3, -0.25) is 9.59 Å². The second-order valence-electron chi connectivity index (χ2n) is 15.0. The summed E-state index contributed by atoms with van der Waals surface area (Å²) in [4.78, 5) is 44.9. The van der Waals surface area contributed by atoms with Crippen LogP contribution in [0, 0.1) is 11.8 Å². The third-order valence-corrected chi connectivity index (χ3v) is 11.2. The maximum Gasteiger partial charge on any atom is 0.243 e. The summed E-state index contributed by atoms with van der Waals surface area (Å²) in [6.07, 6.45) is 3.98. The first-order valence-corrected chi connectivity index (χ1v) is 19.8. The molecule has 0 bridgehead atoms. The molecule has 9 rings (SSSR count). The van der Waals surface area contributed by atoms with Gasteiger partial charge in [-0.1, -0.05) is 0 Å². The highest BCUT2D eigenvalue weighted by molar-refractivity contribution is 5.86. The van der Waals surface area contributed by atoms with Crippen LogP contribution in [0.25, 0.3) is 44.6 Å². The van der Waals surface area contributed by atoms with Gasteiger partial charge in [0.05, 0.1) is 82.8 Å². The van der Waals surface area contributed by atoms with Gasteiger partial charge in [0.2, 0.25) is 23.6 Å². The number of amides is 2. The Labute approximate surface area is 346 Å². The van der Waals surface area contributed by atoms with Crippen LogP contribution in [0.5, 0.6) is 34.8 Å². The van der Waals surface area contributed by atoms with E-state index in [1.54, 1.807) is 34.8 Å². The van der Waals surface area contributed by atoms with Gasteiger partial charge in [0, 0.05) is 48.9 Å². The fraction of sp³-hybridized carbons (Fsp3) is 0.395. The Bertz CT molecular complexity index is 2520. The average molecular weight is 821 g/mol. The molecule has 0 spiro atoms. The van der Waals surface area contributed by atoms with Gasteiger partial charge in [-0.15, -0.1) is 0 Å². The maximum atomic E-state index is 11.7. The van der Waals surface area contributed by atoms with Crippen molar-refractivity contribution in [1.82, 2.24) is 40.1 Å². The Morgan fingerprint density at radius 3 is 1.77 bits per heavy atom. The lowest BCUT2D eigenvalue weighted by molar-refractivity contribution is -0.120. The summed E-state index contributed by atoms with van der Waals surface area (Å²) in [5, 5.41) is 5.72. The number of benzene rings is 2. The van der Waals surface area contributed by atoms with Crippen LogP contribution < -0.4 is 39.1 Å². The number of carbonyl (C=O) groups excluding carboxylic acids is 2. The Morgan fingerprint density at radius 2 is 1.25 bits per heavy atom. The van der Waals surface area contributed by atoms with Gasteiger partial charge in [-0.2, -0.15) is 0 Å². The van der Waals surface area contributed by atoms with Gasteiger partial charge in [0.25, 0.3) is 0 Å². The van der Waals surface area contributed by atoms with E-state index in [9.17, 15) is 9.59 Å². The molecule has 2 amide bonds. The standard InChI is InChI=1S/C23H26N4O5.C20H22N4O4/c1-13(15-7-21(28)24-9-15)32-23-22-18(25-12-27(22)16-10-31-11-16)8-17(26-23)14-4-5-19(29-2)20(6-14)30-3;1-11(13-7-18(25)21-9-13)28-20-19-15(22-10-23-19)8-14(24-20)12-4-5-16(26-2)17(6-12)27-3/h4-6,8,12-13,15-16H,7,9-11H2,1-3H3,(H,24,28);4-6,8,10-11,13H,7,9H2,1-3H3,(H,21,25)(H,22,23)/t13-,15-;11-,13-/m11/s1. The minimum absolute atomic E-state index is 0.0532. The first-order valence-electron chi connectivity index (χ1n) is 19.8. The van der Waals surface area contributed by atoms with E-state index < -0.39 is 0 Å². The highest BCUT2D eigenvalue weighted by Crippen LogP contribution is 2.38. The largest absolute Gasteiger partial charge is 0.493 e. The van der Waals surface area contributed by atoms with Gasteiger partial charge in [0.15, 0.2) is 28.5 Å². The van der Waals surface area contributed by atoms with Crippen molar-refractivity contribution >= 4 is 33.9 Å². The normalized spacial score (nSPS) is 18.5. The van der Waals surface area contributed by atoms with Crippen molar-refractivity contribution in [3.05, 3.63) is 61.2 Å². The number of fused-ring (bicyclic) bond motifs is 2. The molecule has 17 heteroatoms. The lowest BCUT2D eigenvalue weighted by Gasteiger charge is -2.28. The van der Waals surface area contributed by atoms with Crippen molar-refractivity contribution in [1.29, 1.82) is 0 Å². The molecule has 4 aromatic heterocycles. The summed E-state index contributed by atoms with van der Waals surface area (Å²) in [6, 6.07) is 15.4. The first kappa shape index (κ1) is 40.2. The average Bonchev–Trinajstić information content (AvgIpc) is 4.08. The second-order valence-corrected chi connectivity index (χ2v) is 15.0. The van der Waals surface area contributed by atoms with Crippen molar-refractivity contribution in [2.24, 2.45) is 11.8 Å². The zero-order valence-electron chi connectivity index (χ0n) is 34.3. The Kier molecular flexibility index (Phi) is 11.6. The number of hydrogen-bond acceptors (Lipinski definition) is 13. The fourth-order valence-corrected chi connectivity index (χ4v) is 7.52. The van der Waals surface area contributed by atoms with E-state index in [1.165, 1.54) is 0 Å². The molecule has 60 heavy (non-hydrogen) atoms. The van der Waals surface area contributed by atoms with Gasteiger partial charge in [-0.25, -0.2) is 19.9 Å². The Morgan fingerprint density at radius 1 is 0.700 bits per heavy atom. The molecule has 3 aliphatic heterocycles. The maximum absolute atomic E-state index is 11.7. The number of rotatable bonds is 13. The zero-order chi connectivity index (χ0) is 41.9. The third kappa shape index (κ3) is 8.16. The van der Waals surface area contributed by atoms with E-state index in [0.717, 1.165) is 39.1 Å². The predicted octanol–water partition coefficient (Wildman–Crippen LogP) is 5.14. The molecule has 0 saturated carbocycles. The van der Waals surface area contributed by atoms with Crippen LogP contribution >= 0.6 is 0 Å². The van der Waals surface area contributed by atoms with Gasteiger partial charge in [0.1, 0.15) is 17.7 Å². The molecular formula is C43H48N8O9. The molecule has 6 aromatic rings. The van der Waals surface area contributed by atoms with Crippen LogP contribution in [0.15, 0.2) is 61.2 Å². The minimum atomic E-state index is -0.189. The van der Waals surface area contributed by atoms with Crippen LogP contribution in [0.4, 0.5) is 0 Å². The second kappa shape index (κ2) is 17.3. The number of imidazole rings is 2. The summed E-state index contributed by atoms with van der Waals surface area (Å²) in [5.41, 5.74) is 6.28. The summed E-state index contributed by atoms with van der Waals surface area (Å²) in [6.45, 7) is 6.42. The fourth-order valence-electron chi connectivity index (χ4n) is 7.52. The molecule has 0 radical (unpaired) electrons. The van der Waals surface area contributed by atoms with Crippen molar-refractivity contribution < 1.29 is 42.7 Å². The van der Waals surface area contributed by atoms with Crippen molar-refractivity contribution in [3.8, 4) is 57.3 Å². The smallest absolute Gasteiger partial charge is 0.243 e. The molecule has 3 fully saturated rings. The molecule has 2 aromatic carbocycles. The number of hydrogen-bond donors (Lipinski definition) is 3. The van der Waals surface area contributed by atoms with E-state index in [0.29, 0.717) is 79.4 Å². The van der Waals surface area contributed by atoms with E-state index in [-0.39, 0.29) is 41.9 Å².